The molecule has 0 aliphatic heterocycles. The monoisotopic (exact) mass is 280 g/mol. The van der Waals surface area contributed by atoms with Crippen molar-refractivity contribution in [2.75, 3.05) is 20.1 Å². The molecule has 0 unspecified atom stereocenters. The minimum atomic E-state index is 0.262. The zero-order chi connectivity index (χ0) is 13.6. The van der Waals surface area contributed by atoms with Gasteiger partial charge in [0.2, 0.25) is 0 Å². The van der Waals surface area contributed by atoms with E-state index in [4.69, 9.17) is 5.73 Å². The van der Waals surface area contributed by atoms with E-state index in [1.54, 1.807) is 0 Å². The minimum absolute atomic E-state index is 0.262. The molecule has 1 aromatic rings. The predicted molar refractivity (Wildman–Crippen MR) is 84.8 cm³/mol. The van der Waals surface area contributed by atoms with E-state index < -0.39 is 0 Å². The van der Waals surface area contributed by atoms with Crippen LogP contribution in [-0.4, -0.2) is 30.6 Å². The van der Waals surface area contributed by atoms with Gasteiger partial charge in [0.15, 0.2) is 0 Å². The van der Waals surface area contributed by atoms with Gasteiger partial charge in [0.05, 0.1) is 0 Å². The summed E-state index contributed by atoms with van der Waals surface area (Å²) in [6.07, 6.45) is 10.6. The van der Waals surface area contributed by atoms with E-state index in [0.717, 1.165) is 19.5 Å². The van der Waals surface area contributed by atoms with Crippen molar-refractivity contribution < 1.29 is 0 Å². The van der Waals surface area contributed by atoms with Gasteiger partial charge >= 0.3 is 0 Å². The van der Waals surface area contributed by atoms with Crippen molar-refractivity contribution in [2.45, 2.75) is 56.9 Å². The van der Waals surface area contributed by atoms with E-state index in [9.17, 15) is 0 Å². The summed E-state index contributed by atoms with van der Waals surface area (Å²) < 4.78 is 0. The lowest BCUT2D eigenvalue weighted by molar-refractivity contribution is 0.0950. The third-order valence-electron chi connectivity index (χ3n) is 4.75. The number of thiophene rings is 1. The Morgan fingerprint density at radius 3 is 2.47 bits per heavy atom. The third-order valence-corrected chi connectivity index (χ3v) is 5.68. The lowest BCUT2D eigenvalue weighted by Gasteiger charge is -2.42. The number of nitrogens with zero attached hydrogens (tertiary/aromatic N) is 1. The SMILES string of the molecule is CN(CCc1cccs1)C1(CN)CCCCCCC1. The van der Waals surface area contributed by atoms with E-state index in [1.807, 2.05) is 11.3 Å². The summed E-state index contributed by atoms with van der Waals surface area (Å²) in [5.74, 6) is 0. The first-order valence-electron chi connectivity index (χ1n) is 7.70. The summed E-state index contributed by atoms with van der Waals surface area (Å²) in [5.41, 5.74) is 6.43. The second-order valence-electron chi connectivity index (χ2n) is 5.95. The molecule has 3 heteroatoms. The maximum Gasteiger partial charge on any atom is 0.0328 e. The van der Waals surface area contributed by atoms with Crippen LogP contribution >= 0.6 is 11.3 Å². The summed E-state index contributed by atoms with van der Waals surface area (Å²) >= 11 is 1.87. The fourth-order valence-corrected chi connectivity index (χ4v) is 3.97. The Balaban J connectivity index is 1.93. The average molecular weight is 280 g/mol. The van der Waals surface area contributed by atoms with Crippen LogP contribution in [0.2, 0.25) is 0 Å². The van der Waals surface area contributed by atoms with Crippen LogP contribution in [0.25, 0.3) is 0 Å². The number of hydrogen-bond acceptors (Lipinski definition) is 3. The summed E-state index contributed by atoms with van der Waals surface area (Å²) in [6.45, 7) is 1.95. The van der Waals surface area contributed by atoms with Crippen LogP contribution in [0.15, 0.2) is 17.5 Å². The maximum absolute atomic E-state index is 6.17. The van der Waals surface area contributed by atoms with Gasteiger partial charge < -0.3 is 5.73 Å². The van der Waals surface area contributed by atoms with Crippen molar-refractivity contribution in [1.29, 1.82) is 0 Å². The van der Waals surface area contributed by atoms with Crippen LogP contribution in [0.3, 0.4) is 0 Å². The van der Waals surface area contributed by atoms with Crippen molar-refractivity contribution in [2.24, 2.45) is 5.73 Å². The molecular weight excluding hydrogens is 252 g/mol. The van der Waals surface area contributed by atoms with Crippen molar-refractivity contribution in [3.05, 3.63) is 22.4 Å². The molecule has 0 radical (unpaired) electrons. The summed E-state index contributed by atoms with van der Waals surface area (Å²) in [5, 5.41) is 2.17. The summed E-state index contributed by atoms with van der Waals surface area (Å²) in [6, 6.07) is 4.39. The van der Waals surface area contributed by atoms with Gasteiger partial charge in [-0.1, -0.05) is 38.2 Å². The largest absolute Gasteiger partial charge is 0.329 e. The molecule has 0 spiro atoms. The molecule has 1 saturated carbocycles. The van der Waals surface area contributed by atoms with Crippen molar-refractivity contribution in [3.8, 4) is 0 Å². The van der Waals surface area contributed by atoms with E-state index in [0.29, 0.717) is 0 Å². The Kier molecular flexibility index (Phi) is 5.86. The Labute approximate surface area is 122 Å². The molecule has 1 aliphatic rings. The van der Waals surface area contributed by atoms with Crippen LogP contribution in [0.5, 0.6) is 0 Å². The average Bonchev–Trinajstić information content (AvgIpc) is 2.90. The highest BCUT2D eigenvalue weighted by Gasteiger charge is 2.32. The first kappa shape index (κ1) is 15.0. The van der Waals surface area contributed by atoms with Crippen LogP contribution in [0.1, 0.15) is 49.8 Å². The van der Waals surface area contributed by atoms with E-state index in [1.165, 1.54) is 49.8 Å². The molecular formula is C16H28N2S. The normalized spacial score (nSPS) is 20.2. The quantitative estimate of drug-likeness (QED) is 0.892. The number of nitrogens with two attached hydrogens (primary N) is 1. The Morgan fingerprint density at radius 1 is 1.21 bits per heavy atom. The molecule has 0 bridgehead atoms. The van der Waals surface area contributed by atoms with Crippen LogP contribution in [0, 0.1) is 0 Å². The standard InChI is InChI=1S/C16H28N2S/c1-18(12-9-15-8-7-13-19-15)16(14-17)10-5-3-2-4-6-11-16/h7-8,13H,2-6,9-12,14,17H2,1H3. The fourth-order valence-electron chi connectivity index (χ4n) is 3.28. The molecule has 0 saturated heterocycles. The van der Waals surface area contributed by atoms with Gasteiger partial charge in [-0.3, -0.25) is 4.90 Å². The van der Waals surface area contributed by atoms with Crippen molar-refractivity contribution >= 4 is 11.3 Å². The first-order valence-corrected chi connectivity index (χ1v) is 8.58. The van der Waals surface area contributed by atoms with Gasteiger partial charge in [-0.2, -0.15) is 0 Å². The van der Waals surface area contributed by atoms with Gasteiger partial charge in [0.25, 0.3) is 0 Å². The predicted octanol–water partition coefficient (Wildman–Crippen LogP) is 3.66. The Bertz CT molecular complexity index is 340. The highest BCUT2D eigenvalue weighted by atomic mass is 32.1. The molecule has 1 aliphatic carbocycles. The molecule has 108 valence electrons. The van der Waals surface area contributed by atoms with Crippen LogP contribution in [-0.2, 0) is 6.42 Å². The molecule has 1 aromatic heterocycles. The van der Waals surface area contributed by atoms with E-state index in [-0.39, 0.29) is 5.54 Å². The highest BCUT2D eigenvalue weighted by Crippen LogP contribution is 2.30. The molecule has 1 heterocycles. The first-order chi connectivity index (χ1) is 9.27. The molecule has 1 fully saturated rings. The maximum atomic E-state index is 6.17. The van der Waals surface area contributed by atoms with E-state index in [2.05, 4.69) is 29.5 Å². The molecule has 0 atom stereocenters. The lowest BCUT2D eigenvalue weighted by Crippen LogP contribution is -2.53. The van der Waals surface area contributed by atoms with Gasteiger partial charge in [-0.25, -0.2) is 0 Å². The topological polar surface area (TPSA) is 29.3 Å². The van der Waals surface area contributed by atoms with Crippen LogP contribution < -0.4 is 5.73 Å². The highest BCUT2D eigenvalue weighted by molar-refractivity contribution is 7.09. The summed E-state index contributed by atoms with van der Waals surface area (Å²) in [7, 11) is 2.28. The second-order valence-corrected chi connectivity index (χ2v) is 6.98. The van der Waals surface area contributed by atoms with Gasteiger partial charge in [0.1, 0.15) is 0 Å². The zero-order valence-electron chi connectivity index (χ0n) is 12.2. The lowest BCUT2D eigenvalue weighted by atomic mass is 9.82. The minimum Gasteiger partial charge on any atom is -0.329 e. The zero-order valence-corrected chi connectivity index (χ0v) is 13.1. The third kappa shape index (κ3) is 4.04. The molecule has 0 aromatic carbocycles. The van der Waals surface area contributed by atoms with Crippen LogP contribution in [0.4, 0.5) is 0 Å². The van der Waals surface area contributed by atoms with E-state index >= 15 is 0 Å². The second kappa shape index (κ2) is 7.41. The Hall–Kier alpha value is -0.380. The number of likely N-dealkylation sites (N-methyl/N-ethyl adjacent to an activating group) is 1. The number of hydrogen-bond donors (Lipinski definition) is 1. The van der Waals surface area contributed by atoms with Gasteiger partial charge in [-0.15, -0.1) is 11.3 Å². The molecule has 2 N–H and O–H groups in total. The van der Waals surface area contributed by atoms with Crippen molar-refractivity contribution in [1.82, 2.24) is 4.90 Å². The smallest absolute Gasteiger partial charge is 0.0328 e. The molecule has 19 heavy (non-hydrogen) atoms. The molecule has 2 rings (SSSR count). The fraction of sp³-hybridized carbons (Fsp3) is 0.750. The van der Waals surface area contributed by atoms with Gasteiger partial charge in [0, 0.05) is 23.5 Å². The number of rotatable bonds is 5. The molecule has 2 nitrogen and oxygen atoms in total. The van der Waals surface area contributed by atoms with Crippen molar-refractivity contribution in [3.63, 3.8) is 0 Å². The van der Waals surface area contributed by atoms with Gasteiger partial charge in [-0.05, 0) is 37.8 Å². The summed E-state index contributed by atoms with van der Waals surface area (Å²) in [4.78, 5) is 4.04. The molecule has 0 amide bonds. The Morgan fingerprint density at radius 2 is 1.89 bits per heavy atom.